The Balaban J connectivity index is 2.90. The maximum absolute atomic E-state index is 8.65. The number of nitriles is 1. The third-order valence-electron chi connectivity index (χ3n) is 1.51. The molecular formula is C7H4N4S. The van der Waals surface area contributed by atoms with Crippen LogP contribution in [-0.2, 0) is 0 Å². The standard InChI is InChI=1S/C7H4N4S/c8-1-5-6(9)4-2-10-3-11-7(4)12-5/h2-3H,9H2. The topological polar surface area (TPSA) is 75.6 Å². The van der Waals surface area contributed by atoms with Crippen molar-refractivity contribution in [1.29, 1.82) is 5.26 Å². The average Bonchev–Trinajstić information content (AvgIpc) is 2.44. The van der Waals surface area contributed by atoms with Gasteiger partial charge < -0.3 is 5.73 Å². The van der Waals surface area contributed by atoms with Gasteiger partial charge in [-0.3, -0.25) is 0 Å². The second-order valence-electron chi connectivity index (χ2n) is 2.20. The van der Waals surface area contributed by atoms with Crippen LogP contribution in [0.2, 0.25) is 0 Å². The molecule has 0 aliphatic rings. The molecule has 0 fully saturated rings. The van der Waals surface area contributed by atoms with Crippen LogP contribution in [0.3, 0.4) is 0 Å². The zero-order chi connectivity index (χ0) is 8.55. The highest BCUT2D eigenvalue weighted by atomic mass is 32.1. The molecule has 4 nitrogen and oxygen atoms in total. The number of nitrogens with zero attached hydrogens (tertiary/aromatic N) is 3. The van der Waals surface area contributed by atoms with Crippen molar-refractivity contribution in [2.24, 2.45) is 0 Å². The van der Waals surface area contributed by atoms with E-state index in [0.29, 0.717) is 10.6 Å². The number of hydrogen-bond acceptors (Lipinski definition) is 5. The van der Waals surface area contributed by atoms with Crippen LogP contribution in [0, 0.1) is 11.3 Å². The SMILES string of the molecule is N#Cc1sc2ncncc2c1N. The van der Waals surface area contributed by atoms with Gasteiger partial charge in [0.05, 0.1) is 11.1 Å². The molecule has 12 heavy (non-hydrogen) atoms. The smallest absolute Gasteiger partial charge is 0.130 e. The Bertz CT molecular complexity index is 468. The first kappa shape index (κ1) is 7.00. The van der Waals surface area contributed by atoms with E-state index in [0.717, 1.165) is 10.2 Å². The summed E-state index contributed by atoms with van der Waals surface area (Å²) < 4.78 is 0. The summed E-state index contributed by atoms with van der Waals surface area (Å²) in [6.07, 6.45) is 3.06. The van der Waals surface area contributed by atoms with E-state index in [2.05, 4.69) is 9.97 Å². The first-order valence-electron chi connectivity index (χ1n) is 3.21. The Morgan fingerprint density at radius 2 is 2.42 bits per heavy atom. The van der Waals surface area contributed by atoms with Crippen LogP contribution in [0.25, 0.3) is 10.2 Å². The van der Waals surface area contributed by atoms with E-state index < -0.39 is 0 Å². The van der Waals surface area contributed by atoms with E-state index in [-0.39, 0.29) is 0 Å². The summed E-state index contributed by atoms with van der Waals surface area (Å²) >= 11 is 1.29. The molecule has 0 aliphatic heterocycles. The first-order valence-corrected chi connectivity index (χ1v) is 4.02. The third kappa shape index (κ3) is 0.822. The molecule has 58 valence electrons. The van der Waals surface area contributed by atoms with Gasteiger partial charge in [0.25, 0.3) is 0 Å². The molecule has 0 radical (unpaired) electrons. The Hall–Kier alpha value is -1.67. The Labute approximate surface area is 72.3 Å². The van der Waals surface area contributed by atoms with Gasteiger partial charge in [-0.25, -0.2) is 9.97 Å². The first-order chi connectivity index (χ1) is 5.83. The second-order valence-corrected chi connectivity index (χ2v) is 3.20. The van der Waals surface area contributed by atoms with Gasteiger partial charge in [-0.05, 0) is 0 Å². The lowest BCUT2D eigenvalue weighted by Gasteiger charge is -1.86. The van der Waals surface area contributed by atoms with Crippen LogP contribution in [0.5, 0.6) is 0 Å². The molecule has 2 aromatic rings. The summed E-state index contributed by atoms with van der Waals surface area (Å²) in [6, 6.07) is 2.01. The largest absolute Gasteiger partial charge is 0.396 e. The molecular weight excluding hydrogens is 172 g/mol. The van der Waals surface area contributed by atoms with Gasteiger partial charge in [0, 0.05) is 6.20 Å². The average molecular weight is 176 g/mol. The normalized spacial score (nSPS) is 9.92. The molecule has 0 amide bonds. The van der Waals surface area contributed by atoms with Gasteiger partial charge >= 0.3 is 0 Å². The highest BCUT2D eigenvalue weighted by Gasteiger charge is 2.08. The molecule has 0 unspecified atom stereocenters. The van der Waals surface area contributed by atoms with Crippen LogP contribution in [0.4, 0.5) is 5.69 Å². The molecule has 0 spiro atoms. The summed E-state index contributed by atoms with van der Waals surface area (Å²) in [4.78, 5) is 9.08. The van der Waals surface area contributed by atoms with Crippen molar-refractivity contribution in [3.63, 3.8) is 0 Å². The number of rotatable bonds is 0. The fraction of sp³-hybridized carbons (Fsp3) is 0. The Kier molecular flexibility index (Phi) is 1.42. The summed E-state index contributed by atoms with van der Waals surface area (Å²) in [6.45, 7) is 0. The predicted molar refractivity (Wildman–Crippen MR) is 46.5 cm³/mol. The van der Waals surface area contributed by atoms with Crippen molar-refractivity contribution in [3.05, 3.63) is 17.4 Å². The van der Waals surface area contributed by atoms with Crippen LogP contribution >= 0.6 is 11.3 Å². The van der Waals surface area contributed by atoms with E-state index in [1.807, 2.05) is 6.07 Å². The van der Waals surface area contributed by atoms with Crippen LogP contribution in [-0.4, -0.2) is 9.97 Å². The maximum Gasteiger partial charge on any atom is 0.130 e. The van der Waals surface area contributed by atoms with Crippen molar-refractivity contribution in [2.75, 3.05) is 5.73 Å². The molecule has 2 N–H and O–H groups in total. The van der Waals surface area contributed by atoms with E-state index in [4.69, 9.17) is 11.0 Å². The number of nitrogens with two attached hydrogens (primary N) is 1. The summed E-state index contributed by atoms with van der Waals surface area (Å²) in [5.74, 6) is 0. The number of hydrogen-bond donors (Lipinski definition) is 1. The number of fused-ring (bicyclic) bond motifs is 1. The zero-order valence-electron chi connectivity index (χ0n) is 5.98. The number of nitrogen functional groups attached to an aromatic ring is 1. The van der Waals surface area contributed by atoms with Gasteiger partial charge in [0.15, 0.2) is 0 Å². The van der Waals surface area contributed by atoms with Gasteiger partial charge in [-0.1, -0.05) is 0 Å². The van der Waals surface area contributed by atoms with Gasteiger partial charge in [-0.2, -0.15) is 5.26 Å². The maximum atomic E-state index is 8.65. The van der Waals surface area contributed by atoms with E-state index in [1.165, 1.54) is 17.7 Å². The van der Waals surface area contributed by atoms with Gasteiger partial charge in [0.2, 0.25) is 0 Å². The highest BCUT2D eigenvalue weighted by molar-refractivity contribution is 7.19. The lowest BCUT2D eigenvalue weighted by atomic mass is 10.3. The molecule has 0 bridgehead atoms. The number of aromatic nitrogens is 2. The zero-order valence-corrected chi connectivity index (χ0v) is 6.80. The van der Waals surface area contributed by atoms with Crippen molar-refractivity contribution in [2.45, 2.75) is 0 Å². The van der Waals surface area contributed by atoms with Gasteiger partial charge in [0.1, 0.15) is 22.1 Å². The number of thiophene rings is 1. The summed E-state index contributed by atoms with van der Waals surface area (Å²) in [7, 11) is 0. The van der Waals surface area contributed by atoms with Crippen molar-refractivity contribution >= 4 is 27.2 Å². The van der Waals surface area contributed by atoms with E-state index >= 15 is 0 Å². The van der Waals surface area contributed by atoms with Crippen LogP contribution < -0.4 is 5.73 Å². The lowest BCUT2D eigenvalue weighted by molar-refractivity contribution is 1.23. The van der Waals surface area contributed by atoms with E-state index in [9.17, 15) is 0 Å². The minimum atomic E-state index is 0.484. The summed E-state index contributed by atoms with van der Waals surface area (Å²) in [5, 5.41) is 9.41. The highest BCUT2D eigenvalue weighted by Crippen LogP contribution is 2.30. The Morgan fingerprint density at radius 1 is 1.58 bits per heavy atom. The fourth-order valence-corrected chi connectivity index (χ4v) is 1.77. The Morgan fingerprint density at radius 3 is 3.08 bits per heavy atom. The van der Waals surface area contributed by atoms with Crippen LogP contribution in [0.15, 0.2) is 12.5 Å². The van der Waals surface area contributed by atoms with Crippen molar-refractivity contribution < 1.29 is 0 Å². The van der Waals surface area contributed by atoms with E-state index in [1.54, 1.807) is 6.20 Å². The van der Waals surface area contributed by atoms with Crippen molar-refractivity contribution in [3.8, 4) is 6.07 Å². The molecule has 2 aromatic heterocycles. The van der Waals surface area contributed by atoms with Crippen molar-refractivity contribution in [1.82, 2.24) is 9.97 Å². The molecule has 0 saturated carbocycles. The lowest BCUT2D eigenvalue weighted by Crippen LogP contribution is -1.85. The van der Waals surface area contributed by atoms with Gasteiger partial charge in [-0.15, -0.1) is 11.3 Å². The fourth-order valence-electron chi connectivity index (χ4n) is 0.941. The number of anilines is 1. The molecule has 0 aliphatic carbocycles. The summed E-state index contributed by atoms with van der Waals surface area (Å²) in [5.41, 5.74) is 6.14. The monoisotopic (exact) mass is 176 g/mol. The second kappa shape index (κ2) is 2.43. The third-order valence-corrected chi connectivity index (χ3v) is 2.54. The molecule has 2 heterocycles. The quantitative estimate of drug-likeness (QED) is 0.653. The molecule has 5 heteroatoms. The molecule has 0 saturated heterocycles. The predicted octanol–water partition coefficient (Wildman–Crippen LogP) is 1.15. The molecule has 0 aromatic carbocycles. The van der Waals surface area contributed by atoms with Crippen LogP contribution in [0.1, 0.15) is 4.88 Å². The molecule has 0 atom stereocenters. The minimum absolute atomic E-state index is 0.484. The molecule has 2 rings (SSSR count). The minimum Gasteiger partial charge on any atom is -0.396 e.